The first-order valence-electron chi connectivity index (χ1n) is 10.2. The predicted molar refractivity (Wildman–Crippen MR) is 113 cm³/mol. The van der Waals surface area contributed by atoms with E-state index >= 15 is 0 Å². The molecule has 2 N–H and O–H groups in total. The summed E-state index contributed by atoms with van der Waals surface area (Å²) in [4.78, 5) is 46.1. The SMILES string of the molecule is CN(C)C(=O)n1cc2c(n1)[C@@H](C(C)(C)NC(=O)O)N1C[C@H]2N(OCc2ccccc2)C1=O. The van der Waals surface area contributed by atoms with E-state index in [1.165, 1.54) is 14.6 Å². The number of urea groups is 1. The van der Waals surface area contributed by atoms with Crippen LogP contribution in [-0.4, -0.2) is 74.1 Å². The van der Waals surface area contributed by atoms with Crippen molar-refractivity contribution in [1.82, 2.24) is 30.0 Å². The molecule has 2 aromatic rings. The highest BCUT2D eigenvalue weighted by molar-refractivity contribution is 5.80. The van der Waals surface area contributed by atoms with Gasteiger partial charge in [-0.05, 0) is 19.4 Å². The zero-order chi connectivity index (χ0) is 23.2. The van der Waals surface area contributed by atoms with Gasteiger partial charge in [-0.2, -0.15) is 14.8 Å². The molecule has 4 amide bonds. The molecule has 2 bridgehead atoms. The number of hydrogen-bond acceptors (Lipinski definition) is 5. The Labute approximate surface area is 185 Å². The molecular formula is C21H26N6O5. The smallest absolute Gasteiger partial charge is 0.405 e. The molecular weight excluding hydrogens is 416 g/mol. The van der Waals surface area contributed by atoms with Crippen LogP contribution in [0.3, 0.4) is 0 Å². The van der Waals surface area contributed by atoms with E-state index < -0.39 is 23.7 Å². The van der Waals surface area contributed by atoms with Crippen LogP contribution in [0, 0.1) is 0 Å². The Hall–Kier alpha value is -3.60. The molecule has 11 nitrogen and oxygen atoms in total. The Morgan fingerprint density at radius 1 is 1.28 bits per heavy atom. The maximum absolute atomic E-state index is 13.3. The maximum atomic E-state index is 13.3. The topological polar surface area (TPSA) is 120 Å². The zero-order valence-electron chi connectivity index (χ0n) is 18.3. The zero-order valence-corrected chi connectivity index (χ0v) is 18.3. The van der Waals surface area contributed by atoms with Crippen LogP contribution in [0.1, 0.15) is 42.8 Å². The van der Waals surface area contributed by atoms with Gasteiger partial charge < -0.3 is 20.2 Å². The fourth-order valence-corrected chi connectivity index (χ4v) is 4.30. The number of amides is 4. The van der Waals surface area contributed by atoms with Crippen LogP contribution < -0.4 is 5.32 Å². The first-order chi connectivity index (χ1) is 15.1. The molecule has 2 atom stereocenters. The highest BCUT2D eigenvalue weighted by atomic mass is 16.7. The summed E-state index contributed by atoms with van der Waals surface area (Å²) in [6, 6.07) is 7.54. The number of carboxylic acid groups (broad SMARTS) is 1. The molecule has 0 saturated carbocycles. The van der Waals surface area contributed by atoms with Gasteiger partial charge in [-0.15, -0.1) is 0 Å². The van der Waals surface area contributed by atoms with Crippen LogP contribution in [0.25, 0.3) is 0 Å². The number of carbonyl (C=O) groups excluding carboxylic acids is 2. The fraction of sp³-hybridized carbons (Fsp3) is 0.429. The molecule has 0 radical (unpaired) electrons. The minimum Gasteiger partial charge on any atom is -0.465 e. The molecule has 0 unspecified atom stereocenters. The van der Waals surface area contributed by atoms with Gasteiger partial charge >= 0.3 is 18.2 Å². The van der Waals surface area contributed by atoms with Gasteiger partial charge in [0.25, 0.3) is 0 Å². The van der Waals surface area contributed by atoms with Crippen LogP contribution in [0.4, 0.5) is 14.4 Å². The van der Waals surface area contributed by atoms with Gasteiger partial charge in [0.05, 0.1) is 17.8 Å². The van der Waals surface area contributed by atoms with Gasteiger partial charge in [-0.3, -0.25) is 4.84 Å². The van der Waals surface area contributed by atoms with Gasteiger partial charge in [-0.25, -0.2) is 14.4 Å². The van der Waals surface area contributed by atoms with E-state index in [2.05, 4.69) is 10.4 Å². The Morgan fingerprint density at radius 2 is 1.97 bits per heavy atom. The molecule has 1 aromatic heterocycles. The lowest BCUT2D eigenvalue weighted by molar-refractivity contribution is -0.141. The normalized spacial score (nSPS) is 19.7. The van der Waals surface area contributed by atoms with Crippen molar-refractivity contribution in [3.63, 3.8) is 0 Å². The summed E-state index contributed by atoms with van der Waals surface area (Å²) in [5, 5.41) is 17.6. The van der Waals surface area contributed by atoms with Gasteiger partial charge in [-0.1, -0.05) is 30.3 Å². The van der Waals surface area contributed by atoms with Crippen molar-refractivity contribution in [3.8, 4) is 0 Å². The highest BCUT2D eigenvalue weighted by Gasteiger charge is 2.55. The van der Waals surface area contributed by atoms with Gasteiger partial charge in [0, 0.05) is 25.9 Å². The van der Waals surface area contributed by atoms with Crippen LogP contribution in [0.2, 0.25) is 0 Å². The van der Waals surface area contributed by atoms with Crippen molar-refractivity contribution in [1.29, 1.82) is 0 Å². The molecule has 4 rings (SSSR count). The van der Waals surface area contributed by atoms with E-state index in [1.54, 1.807) is 39.0 Å². The first kappa shape index (κ1) is 21.6. The third-order valence-electron chi connectivity index (χ3n) is 5.69. The molecule has 0 spiro atoms. The Bertz CT molecular complexity index is 1050. The summed E-state index contributed by atoms with van der Waals surface area (Å²) in [6.07, 6.45) is 0.382. The summed E-state index contributed by atoms with van der Waals surface area (Å²) in [6.45, 7) is 3.85. The molecule has 1 aromatic carbocycles. The van der Waals surface area contributed by atoms with Crippen molar-refractivity contribution in [3.05, 3.63) is 53.3 Å². The van der Waals surface area contributed by atoms with E-state index in [0.717, 1.165) is 5.56 Å². The second kappa shape index (κ2) is 7.83. The van der Waals surface area contributed by atoms with Crippen LogP contribution in [0.5, 0.6) is 0 Å². The van der Waals surface area contributed by atoms with E-state index in [0.29, 0.717) is 11.3 Å². The number of benzene rings is 1. The van der Waals surface area contributed by atoms with Crippen molar-refractivity contribution < 1.29 is 24.3 Å². The van der Waals surface area contributed by atoms with E-state index in [4.69, 9.17) is 4.84 Å². The third kappa shape index (κ3) is 3.64. The lowest BCUT2D eigenvalue weighted by atomic mass is 9.85. The van der Waals surface area contributed by atoms with Gasteiger partial charge in [0.1, 0.15) is 18.7 Å². The second-order valence-corrected chi connectivity index (χ2v) is 8.68. The van der Waals surface area contributed by atoms with Crippen molar-refractivity contribution in [2.45, 2.75) is 38.1 Å². The summed E-state index contributed by atoms with van der Waals surface area (Å²) in [7, 11) is 3.23. The molecule has 1 fully saturated rings. The monoisotopic (exact) mass is 442 g/mol. The Balaban J connectivity index is 1.73. The molecule has 3 heterocycles. The molecule has 0 aliphatic carbocycles. The number of hydrogen-bond donors (Lipinski definition) is 2. The first-order valence-corrected chi connectivity index (χ1v) is 10.2. The minimum atomic E-state index is -1.22. The van der Waals surface area contributed by atoms with Crippen LogP contribution >= 0.6 is 0 Å². The summed E-state index contributed by atoms with van der Waals surface area (Å²) < 4.78 is 1.22. The molecule has 11 heteroatoms. The van der Waals surface area contributed by atoms with Gasteiger partial charge in [0.2, 0.25) is 0 Å². The lowest BCUT2D eigenvalue weighted by Crippen LogP contribution is -2.55. The van der Waals surface area contributed by atoms with Crippen molar-refractivity contribution >= 4 is 18.2 Å². The Morgan fingerprint density at radius 3 is 2.59 bits per heavy atom. The van der Waals surface area contributed by atoms with Gasteiger partial charge in [0.15, 0.2) is 0 Å². The van der Waals surface area contributed by atoms with E-state index in [9.17, 15) is 19.5 Å². The third-order valence-corrected chi connectivity index (χ3v) is 5.69. The lowest BCUT2D eigenvalue weighted by Gasteiger charge is -2.40. The second-order valence-electron chi connectivity index (χ2n) is 8.68. The van der Waals surface area contributed by atoms with Crippen LogP contribution in [0.15, 0.2) is 36.5 Å². The quantitative estimate of drug-likeness (QED) is 0.734. The summed E-state index contributed by atoms with van der Waals surface area (Å²) in [5.74, 6) is 0. The molecule has 2 aliphatic heterocycles. The Kier molecular flexibility index (Phi) is 5.29. The number of hydroxylamine groups is 2. The highest BCUT2D eigenvalue weighted by Crippen LogP contribution is 2.47. The number of carbonyl (C=O) groups is 3. The molecule has 170 valence electrons. The standard InChI is InChI=1S/C21H26N6O5/c1-21(2,22-18(28)29)17-16-14(10-26(23-16)19(30)24(3)4)15-11-25(17)20(31)27(15)32-12-13-8-6-5-7-9-13/h5-10,15,17,22H,11-12H2,1-4H3,(H,28,29)/t15-,17+/m1/s1. The predicted octanol–water partition coefficient (Wildman–Crippen LogP) is 2.42. The molecule has 2 aliphatic rings. The largest absolute Gasteiger partial charge is 0.465 e. The molecule has 1 saturated heterocycles. The van der Waals surface area contributed by atoms with E-state index in [-0.39, 0.29) is 25.2 Å². The van der Waals surface area contributed by atoms with Crippen molar-refractivity contribution in [2.24, 2.45) is 0 Å². The number of aromatic nitrogens is 2. The summed E-state index contributed by atoms with van der Waals surface area (Å²) >= 11 is 0. The minimum absolute atomic E-state index is 0.193. The number of rotatable bonds is 5. The average molecular weight is 442 g/mol. The average Bonchev–Trinajstić information content (AvgIpc) is 3.27. The number of nitrogens with one attached hydrogen (secondary N) is 1. The molecule has 32 heavy (non-hydrogen) atoms. The fourth-order valence-electron chi connectivity index (χ4n) is 4.30. The van der Waals surface area contributed by atoms with Crippen LogP contribution in [-0.2, 0) is 11.4 Å². The van der Waals surface area contributed by atoms with Crippen molar-refractivity contribution in [2.75, 3.05) is 20.6 Å². The number of nitrogens with zero attached hydrogens (tertiary/aromatic N) is 5. The number of fused-ring (bicyclic) bond motifs is 4. The maximum Gasteiger partial charge on any atom is 0.405 e. The van der Waals surface area contributed by atoms with E-state index in [1.807, 2.05) is 30.3 Å². The summed E-state index contributed by atoms with van der Waals surface area (Å²) in [5.41, 5.74) is 0.951.